The third-order valence-corrected chi connectivity index (χ3v) is 4.39. The summed E-state index contributed by atoms with van der Waals surface area (Å²) in [5.41, 5.74) is 0.665. The van der Waals surface area contributed by atoms with Crippen molar-refractivity contribution in [3.63, 3.8) is 0 Å². The number of benzene rings is 2. The van der Waals surface area contributed by atoms with Gasteiger partial charge in [-0.15, -0.1) is 0 Å². The Morgan fingerprint density at radius 2 is 1.86 bits per heavy atom. The van der Waals surface area contributed by atoms with Crippen molar-refractivity contribution < 1.29 is 18.8 Å². The Morgan fingerprint density at radius 1 is 1.18 bits per heavy atom. The zero-order valence-corrected chi connectivity index (χ0v) is 15.8. The molecule has 0 saturated heterocycles. The predicted molar refractivity (Wildman–Crippen MR) is 102 cm³/mol. The summed E-state index contributed by atoms with van der Waals surface area (Å²) in [6, 6.07) is 12.8. The van der Waals surface area contributed by atoms with Crippen LogP contribution in [0.5, 0.6) is 0 Å². The van der Waals surface area contributed by atoms with Crippen LogP contribution < -0.4 is 5.32 Å². The first-order chi connectivity index (χ1) is 13.5. The van der Waals surface area contributed by atoms with Crippen molar-refractivity contribution in [1.29, 1.82) is 5.26 Å². The Hall–Kier alpha value is -3.34. The normalized spacial score (nSPS) is 10.2. The Balaban J connectivity index is 2.05. The number of carbonyl (C=O) groups is 2. The molecule has 0 saturated carbocycles. The molecule has 1 amide bonds. The molecular formula is C19H11Cl2N3O4. The maximum atomic E-state index is 12.5. The van der Waals surface area contributed by atoms with E-state index >= 15 is 0 Å². The monoisotopic (exact) mass is 415 g/mol. The lowest BCUT2D eigenvalue weighted by Gasteiger charge is -2.07. The molecule has 0 radical (unpaired) electrons. The maximum absolute atomic E-state index is 12.5. The van der Waals surface area contributed by atoms with Crippen LogP contribution >= 0.6 is 23.2 Å². The molecule has 0 atom stereocenters. The van der Waals surface area contributed by atoms with Gasteiger partial charge in [-0.1, -0.05) is 40.5 Å². The number of esters is 1. The number of anilines is 1. The summed E-state index contributed by atoms with van der Waals surface area (Å²) < 4.78 is 9.95. The molecule has 0 spiro atoms. The SMILES string of the molecule is COC(=O)c1c(-c2c(Cl)cccc2Cl)noc1NC(=O)c1cccc(C#N)c1. The molecule has 28 heavy (non-hydrogen) atoms. The minimum absolute atomic E-state index is 0.0310. The first-order valence-electron chi connectivity index (χ1n) is 7.80. The summed E-state index contributed by atoms with van der Waals surface area (Å²) >= 11 is 12.4. The number of hydrogen-bond acceptors (Lipinski definition) is 6. The van der Waals surface area contributed by atoms with E-state index in [0.717, 1.165) is 0 Å². The largest absolute Gasteiger partial charge is 0.465 e. The lowest BCUT2D eigenvalue weighted by molar-refractivity contribution is 0.0602. The molecule has 0 unspecified atom stereocenters. The number of halogens is 2. The first-order valence-corrected chi connectivity index (χ1v) is 8.55. The minimum atomic E-state index is -0.798. The number of amides is 1. The molecule has 0 aliphatic rings. The zero-order valence-electron chi connectivity index (χ0n) is 14.3. The number of carbonyl (C=O) groups excluding carboxylic acids is 2. The highest BCUT2D eigenvalue weighted by molar-refractivity contribution is 6.39. The van der Waals surface area contributed by atoms with Crippen molar-refractivity contribution >= 4 is 41.0 Å². The van der Waals surface area contributed by atoms with Crippen LogP contribution in [0.3, 0.4) is 0 Å². The van der Waals surface area contributed by atoms with Crippen LogP contribution in [0.15, 0.2) is 47.0 Å². The highest BCUT2D eigenvalue weighted by Gasteiger charge is 2.28. The zero-order chi connectivity index (χ0) is 20.3. The van der Waals surface area contributed by atoms with Crippen molar-refractivity contribution in [3.05, 3.63) is 69.2 Å². The second-order valence-electron chi connectivity index (χ2n) is 5.47. The Labute approximate surface area is 169 Å². The van der Waals surface area contributed by atoms with Gasteiger partial charge in [0.05, 0.1) is 28.8 Å². The van der Waals surface area contributed by atoms with E-state index in [0.29, 0.717) is 5.56 Å². The summed E-state index contributed by atoms with van der Waals surface area (Å²) in [5.74, 6) is -1.63. The molecule has 1 aromatic heterocycles. The summed E-state index contributed by atoms with van der Waals surface area (Å²) in [5, 5.41) is 15.8. The molecule has 7 nitrogen and oxygen atoms in total. The van der Waals surface area contributed by atoms with Crippen molar-refractivity contribution in [3.8, 4) is 17.3 Å². The fraction of sp³-hybridized carbons (Fsp3) is 0.0526. The van der Waals surface area contributed by atoms with Crippen LogP contribution in [-0.2, 0) is 4.74 Å². The Kier molecular flexibility index (Phi) is 5.64. The average molecular weight is 416 g/mol. The molecule has 3 aromatic rings. The van der Waals surface area contributed by atoms with E-state index in [-0.39, 0.29) is 38.3 Å². The van der Waals surface area contributed by atoms with Gasteiger partial charge in [0, 0.05) is 11.1 Å². The topological polar surface area (TPSA) is 105 Å². The van der Waals surface area contributed by atoms with E-state index in [1.165, 1.54) is 19.2 Å². The standard InChI is InChI=1S/C19H11Cl2N3O4/c1-27-19(26)15-16(14-12(20)6-3-7-13(14)21)24-28-18(15)23-17(25)11-5-2-4-10(8-11)9-22/h2-8H,1H3,(H,23,25). The van der Waals surface area contributed by atoms with Crippen LogP contribution in [0.2, 0.25) is 10.0 Å². The molecule has 1 heterocycles. The second kappa shape index (κ2) is 8.13. The summed E-state index contributed by atoms with van der Waals surface area (Å²) in [7, 11) is 1.18. The molecule has 1 N–H and O–H groups in total. The summed E-state index contributed by atoms with van der Waals surface area (Å²) in [6.07, 6.45) is 0. The number of nitriles is 1. The van der Waals surface area contributed by atoms with Crippen molar-refractivity contribution in [2.75, 3.05) is 12.4 Å². The molecule has 0 fully saturated rings. The highest BCUT2D eigenvalue weighted by Crippen LogP contribution is 2.38. The highest BCUT2D eigenvalue weighted by atomic mass is 35.5. The van der Waals surface area contributed by atoms with E-state index in [1.54, 1.807) is 30.3 Å². The third kappa shape index (κ3) is 3.69. The van der Waals surface area contributed by atoms with Gasteiger partial charge >= 0.3 is 5.97 Å². The molecule has 0 aliphatic carbocycles. The van der Waals surface area contributed by atoms with E-state index < -0.39 is 11.9 Å². The van der Waals surface area contributed by atoms with Gasteiger partial charge in [-0.3, -0.25) is 10.1 Å². The van der Waals surface area contributed by atoms with Crippen molar-refractivity contribution in [2.24, 2.45) is 0 Å². The van der Waals surface area contributed by atoms with E-state index in [9.17, 15) is 9.59 Å². The summed E-state index contributed by atoms with van der Waals surface area (Å²) in [4.78, 5) is 24.8. The van der Waals surface area contributed by atoms with Crippen LogP contribution in [0, 0.1) is 11.3 Å². The van der Waals surface area contributed by atoms with Crippen LogP contribution in [-0.4, -0.2) is 24.1 Å². The van der Waals surface area contributed by atoms with E-state index in [1.807, 2.05) is 6.07 Å². The van der Waals surface area contributed by atoms with Gasteiger partial charge in [0.2, 0.25) is 5.88 Å². The van der Waals surface area contributed by atoms with Crippen LogP contribution in [0.1, 0.15) is 26.3 Å². The van der Waals surface area contributed by atoms with Gasteiger partial charge in [-0.05, 0) is 30.3 Å². The number of hydrogen-bond donors (Lipinski definition) is 1. The maximum Gasteiger partial charge on any atom is 0.345 e. The van der Waals surface area contributed by atoms with Gasteiger partial charge in [-0.25, -0.2) is 4.79 Å². The molecule has 140 valence electrons. The van der Waals surface area contributed by atoms with Gasteiger partial charge < -0.3 is 9.26 Å². The molecular weight excluding hydrogens is 405 g/mol. The molecule has 3 rings (SSSR count). The van der Waals surface area contributed by atoms with Gasteiger partial charge in [0.15, 0.2) is 5.56 Å². The summed E-state index contributed by atoms with van der Waals surface area (Å²) in [6.45, 7) is 0. The predicted octanol–water partition coefficient (Wildman–Crippen LogP) is 4.56. The Morgan fingerprint density at radius 3 is 2.50 bits per heavy atom. The number of ether oxygens (including phenoxy) is 1. The van der Waals surface area contributed by atoms with E-state index in [4.69, 9.17) is 37.7 Å². The fourth-order valence-corrected chi connectivity index (χ4v) is 3.04. The van der Waals surface area contributed by atoms with Crippen molar-refractivity contribution in [2.45, 2.75) is 0 Å². The third-order valence-electron chi connectivity index (χ3n) is 3.76. The fourth-order valence-electron chi connectivity index (χ4n) is 2.47. The molecule has 0 aliphatic heterocycles. The van der Waals surface area contributed by atoms with Gasteiger partial charge in [0.25, 0.3) is 5.91 Å². The Bertz CT molecular complexity index is 1100. The quantitative estimate of drug-likeness (QED) is 0.626. The molecule has 2 aromatic carbocycles. The molecule has 9 heteroatoms. The minimum Gasteiger partial charge on any atom is -0.465 e. The van der Waals surface area contributed by atoms with Gasteiger partial charge in [-0.2, -0.15) is 5.26 Å². The van der Waals surface area contributed by atoms with Crippen LogP contribution in [0.4, 0.5) is 5.88 Å². The van der Waals surface area contributed by atoms with Crippen molar-refractivity contribution in [1.82, 2.24) is 5.16 Å². The number of methoxy groups -OCH3 is 1. The number of nitrogens with zero attached hydrogens (tertiary/aromatic N) is 2. The van der Waals surface area contributed by atoms with Gasteiger partial charge in [0.1, 0.15) is 5.69 Å². The molecule has 0 bridgehead atoms. The lowest BCUT2D eigenvalue weighted by Crippen LogP contribution is -2.14. The number of nitrogens with one attached hydrogen (secondary N) is 1. The number of rotatable bonds is 4. The van der Waals surface area contributed by atoms with E-state index in [2.05, 4.69) is 10.5 Å². The average Bonchev–Trinajstić information content (AvgIpc) is 3.10. The second-order valence-corrected chi connectivity index (χ2v) is 6.28. The first kappa shape index (κ1) is 19.4. The lowest BCUT2D eigenvalue weighted by atomic mass is 10.1. The van der Waals surface area contributed by atoms with Crippen LogP contribution in [0.25, 0.3) is 11.3 Å². The smallest absolute Gasteiger partial charge is 0.345 e. The number of aromatic nitrogens is 1.